The molecule has 1 unspecified atom stereocenters. The number of nitrogens with two attached hydrogens (primary N) is 1. The summed E-state index contributed by atoms with van der Waals surface area (Å²) in [4.78, 5) is 91.6. The number of aliphatic imine (C=N–C) groups is 1. The van der Waals surface area contributed by atoms with Crippen LogP contribution in [-0.2, 0) is 19.1 Å². The molecule has 26 heteroatoms. The maximum Gasteiger partial charge on any atom is 0.417 e. The zero-order chi connectivity index (χ0) is 59.6. The van der Waals surface area contributed by atoms with Crippen LogP contribution in [-0.4, -0.2) is 88.4 Å². The molecule has 83 heavy (non-hydrogen) atoms. The molecule has 2 aliphatic rings. The molecule has 10 rings (SSSR count). The van der Waals surface area contributed by atoms with Gasteiger partial charge in [0.25, 0.3) is 17.8 Å². The van der Waals surface area contributed by atoms with E-state index in [0.29, 0.717) is 46.6 Å². The Kier molecular flexibility index (Phi) is 20.3. The first kappa shape index (κ1) is 62.7. The lowest BCUT2D eigenvalue weighted by atomic mass is 9.91. The number of carbonyl (C=O) groups is 5. The predicted molar refractivity (Wildman–Crippen MR) is 286 cm³/mol. The summed E-state index contributed by atoms with van der Waals surface area (Å²) in [5, 5.41) is 0. The molecule has 0 saturated carbocycles. The van der Waals surface area contributed by atoms with Crippen LogP contribution in [0.4, 0.5) is 35.1 Å². The number of ketones is 2. The van der Waals surface area contributed by atoms with E-state index in [0.717, 1.165) is 42.4 Å². The number of benzene rings is 6. The SMILES string of the molecule is CC(F)(F)CN.CC(F)(F)CN1C(=O)C2=C(C(c3cc(F)cc4[nH]c(=O)oc34)=NC2)C1c1cccc(Oc2ccc(F)cc2)c1.CCOC(=O)C(=O)CC(=O)c1cc(F)cc2[nH]c(=O)oc12.Cl.O=Cc1cccc(Oc2ccc(F)cc2)c1. The number of ether oxygens (including phenoxy) is 3. The molecule has 2 aliphatic heterocycles. The number of aromatic nitrogens is 2. The number of Topliss-reactive ketones (excluding diaryl/α,β-unsaturated/α-hetero) is 2. The number of nitrogens with one attached hydrogen (secondary N) is 2. The van der Waals surface area contributed by atoms with Crippen molar-refractivity contribution in [1.82, 2.24) is 14.9 Å². The van der Waals surface area contributed by atoms with Crippen molar-refractivity contribution in [3.63, 3.8) is 0 Å². The quantitative estimate of drug-likeness (QED) is 0.0216. The number of hydrogen-bond donors (Lipinski definition) is 3. The highest BCUT2D eigenvalue weighted by Crippen LogP contribution is 2.45. The van der Waals surface area contributed by atoms with Gasteiger partial charge in [-0.05, 0) is 97.4 Å². The minimum Gasteiger partial charge on any atom is -0.460 e. The molecular weight excluding hydrogens is 1130 g/mol. The van der Waals surface area contributed by atoms with Crippen molar-refractivity contribution >= 4 is 70.0 Å². The van der Waals surface area contributed by atoms with Crippen LogP contribution in [0, 0.1) is 23.3 Å². The molecule has 434 valence electrons. The van der Waals surface area contributed by atoms with Crippen molar-refractivity contribution in [2.45, 2.75) is 45.1 Å². The van der Waals surface area contributed by atoms with Gasteiger partial charge in [0.1, 0.15) is 52.6 Å². The number of halogens is 9. The molecule has 2 aromatic heterocycles. The smallest absolute Gasteiger partial charge is 0.417 e. The highest BCUT2D eigenvalue weighted by molar-refractivity contribution is 6.38. The number of nitrogens with zero attached hydrogens (tertiary/aromatic N) is 2. The third kappa shape index (κ3) is 16.3. The Morgan fingerprint density at radius 3 is 1.78 bits per heavy atom. The lowest BCUT2D eigenvalue weighted by Crippen LogP contribution is -2.40. The van der Waals surface area contributed by atoms with Gasteiger partial charge in [-0.3, -0.25) is 34.1 Å². The largest absolute Gasteiger partial charge is 0.460 e. The van der Waals surface area contributed by atoms with E-state index < -0.39 is 89.8 Å². The minimum absolute atomic E-state index is 0. The lowest BCUT2D eigenvalue weighted by Gasteiger charge is -2.30. The molecular formula is C57H46ClF8N5O12. The molecule has 17 nitrogen and oxygen atoms in total. The van der Waals surface area contributed by atoms with Crippen molar-refractivity contribution in [1.29, 1.82) is 0 Å². The second kappa shape index (κ2) is 26.9. The van der Waals surface area contributed by atoms with Gasteiger partial charge in [0.2, 0.25) is 5.78 Å². The summed E-state index contributed by atoms with van der Waals surface area (Å²) in [7, 11) is 0. The highest BCUT2D eigenvalue weighted by atomic mass is 35.5. The second-order valence-electron chi connectivity index (χ2n) is 18.0. The number of hydrogen-bond acceptors (Lipinski definition) is 14. The summed E-state index contributed by atoms with van der Waals surface area (Å²) < 4.78 is 131. The lowest BCUT2D eigenvalue weighted by molar-refractivity contribution is -0.153. The van der Waals surface area contributed by atoms with E-state index in [2.05, 4.69) is 25.4 Å². The van der Waals surface area contributed by atoms with Crippen molar-refractivity contribution in [3.8, 4) is 23.0 Å². The van der Waals surface area contributed by atoms with Crippen LogP contribution >= 0.6 is 12.4 Å². The normalized spacial score (nSPS) is 13.5. The number of fused-ring (bicyclic) bond motifs is 2. The first-order valence-electron chi connectivity index (χ1n) is 24.3. The third-order valence-corrected chi connectivity index (χ3v) is 11.5. The minimum atomic E-state index is -3.22. The molecule has 0 radical (unpaired) electrons. The maximum absolute atomic E-state index is 14.5. The van der Waals surface area contributed by atoms with Gasteiger partial charge in [0, 0.05) is 48.3 Å². The molecule has 0 bridgehead atoms. The van der Waals surface area contributed by atoms with E-state index >= 15 is 0 Å². The Morgan fingerprint density at radius 2 is 1.24 bits per heavy atom. The van der Waals surface area contributed by atoms with E-state index in [1.54, 1.807) is 48.5 Å². The van der Waals surface area contributed by atoms with E-state index in [-0.39, 0.29) is 76.0 Å². The van der Waals surface area contributed by atoms with Crippen molar-refractivity contribution in [2.24, 2.45) is 10.7 Å². The van der Waals surface area contributed by atoms with Gasteiger partial charge in [0.05, 0.1) is 61.0 Å². The molecule has 0 saturated heterocycles. The molecule has 0 fully saturated rings. The third-order valence-electron chi connectivity index (χ3n) is 11.5. The zero-order valence-corrected chi connectivity index (χ0v) is 44.4. The van der Waals surface area contributed by atoms with Gasteiger partial charge in [-0.15, -0.1) is 12.4 Å². The Morgan fingerprint density at radius 1 is 0.711 bits per heavy atom. The Hall–Kier alpha value is -9.49. The molecule has 0 aliphatic carbocycles. The van der Waals surface area contributed by atoms with Crippen molar-refractivity contribution < 1.29 is 82.1 Å². The van der Waals surface area contributed by atoms with Crippen LogP contribution < -0.4 is 26.7 Å². The summed E-state index contributed by atoms with van der Waals surface area (Å²) in [5.41, 5.74) is 6.01. The van der Waals surface area contributed by atoms with Crippen LogP contribution in [0.3, 0.4) is 0 Å². The first-order valence-corrected chi connectivity index (χ1v) is 24.3. The van der Waals surface area contributed by atoms with Crippen LogP contribution in [0.25, 0.3) is 22.2 Å². The highest BCUT2D eigenvalue weighted by Gasteiger charge is 2.47. The Balaban J connectivity index is 0.000000210. The Bertz CT molecular complexity index is 3890. The topological polar surface area (TPSA) is 247 Å². The van der Waals surface area contributed by atoms with E-state index in [1.807, 2.05) is 0 Å². The molecule has 6 aromatic carbocycles. The fourth-order valence-electron chi connectivity index (χ4n) is 8.07. The number of aromatic amines is 2. The number of esters is 1. The van der Waals surface area contributed by atoms with Crippen molar-refractivity contribution in [2.75, 3.05) is 26.2 Å². The number of aldehydes is 1. The van der Waals surface area contributed by atoms with Gasteiger partial charge in [0.15, 0.2) is 16.9 Å². The van der Waals surface area contributed by atoms with E-state index in [1.165, 1.54) is 55.5 Å². The fourth-order valence-corrected chi connectivity index (χ4v) is 8.07. The average molecular weight is 1180 g/mol. The number of H-pyrrole nitrogens is 2. The summed E-state index contributed by atoms with van der Waals surface area (Å²) in [5.74, 6) is -11.7. The Labute approximate surface area is 469 Å². The van der Waals surface area contributed by atoms with Gasteiger partial charge in [-0.25, -0.2) is 49.5 Å². The van der Waals surface area contributed by atoms with Crippen LogP contribution in [0.5, 0.6) is 23.0 Å². The standard InChI is InChI=1S/C28H19F4N3O4.C13H10FNO6.C13H9FO2.C3H7F2N.ClH/c1-28(31,32)13-35-24(14-3-2-4-18(9-14)38-17-7-5-15(29)6-8-17)22-20(26(35)36)12-33-23(22)19-10-16(30)11-21-25(19)39-27(37)34-21;1-2-20-12(18)10(17)5-9(16)7-3-6(14)4-8-11(7)21-13(19)15-8;14-11-4-6-12(7-5-11)16-13-3-1-2-10(8-13)9-15;1-3(4,5)2-6;/h2-11,24H,12-13H2,1H3,(H,34,37);3-4H,2,5H2,1H3,(H,15,19);1-9H;2,6H2,1H3;1H. The number of amides is 1. The van der Waals surface area contributed by atoms with Gasteiger partial charge in [-0.1, -0.05) is 24.3 Å². The monoisotopic (exact) mass is 1180 g/mol. The first-order chi connectivity index (χ1) is 38.8. The second-order valence-corrected chi connectivity index (χ2v) is 18.0. The van der Waals surface area contributed by atoms with Crippen LogP contribution in [0.15, 0.2) is 156 Å². The summed E-state index contributed by atoms with van der Waals surface area (Å²) in [6.07, 6.45) is -0.0518. The molecule has 8 aromatic rings. The summed E-state index contributed by atoms with van der Waals surface area (Å²) in [6.45, 7) is 1.46. The molecule has 4 heterocycles. The van der Waals surface area contributed by atoms with E-state index in [4.69, 9.17) is 18.3 Å². The number of carbonyl (C=O) groups excluding carboxylic acids is 5. The fraction of sp³-hybridized carbons (Fsp3) is 0.193. The molecule has 4 N–H and O–H groups in total. The van der Waals surface area contributed by atoms with Crippen LogP contribution in [0.2, 0.25) is 0 Å². The number of alkyl halides is 4. The summed E-state index contributed by atoms with van der Waals surface area (Å²) in [6, 6.07) is 27.3. The molecule has 1 amide bonds. The van der Waals surface area contributed by atoms with E-state index in [9.17, 15) is 68.7 Å². The average Bonchev–Trinajstić information content (AvgIpc) is 2.88. The molecule has 0 spiro atoms. The predicted octanol–water partition coefficient (Wildman–Crippen LogP) is 10.9. The maximum atomic E-state index is 14.5. The number of rotatable bonds is 15. The van der Waals surface area contributed by atoms with Crippen LogP contribution in [0.1, 0.15) is 65.1 Å². The molecule has 1 atom stereocenters. The summed E-state index contributed by atoms with van der Waals surface area (Å²) >= 11 is 0. The van der Waals surface area contributed by atoms with Gasteiger partial charge < -0.3 is 33.7 Å². The number of oxazole rings is 2. The van der Waals surface area contributed by atoms with Crippen molar-refractivity contribution in [3.05, 3.63) is 199 Å². The van der Waals surface area contributed by atoms with Gasteiger partial charge in [-0.2, -0.15) is 0 Å². The zero-order valence-electron chi connectivity index (χ0n) is 43.5. The van der Waals surface area contributed by atoms with Gasteiger partial charge >= 0.3 is 17.5 Å².